The highest BCUT2D eigenvalue weighted by molar-refractivity contribution is 5.59. The topological polar surface area (TPSA) is 45.4 Å². The van der Waals surface area contributed by atoms with Gasteiger partial charge in [0, 0.05) is 11.3 Å². The zero-order chi connectivity index (χ0) is 12.4. The molecule has 0 aliphatic rings. The van der Waals surface area contributed by atoms with Gasteiger partial charge in [-0.2, -0.15) is 0 Å². The summed E-state index contributed by atoms with van der Waals surface area (Å²) in [5, 5.41) is 13.1. The van der Waals surface area contributed by atoms with Crippen molar-refractivity contribution in [3.63, 3.8) is 0 Å². The Kier molecular flexibility index (Phi) is 3.09. The zero-order valence-corrected chi connectivity index (χ0v) is 10.4. The summed E-state index contributed by atoms with van der Waals surface area (Å²) < 4.78 is 5.35. The highest BCUT2D eigenvalue weighted by atomic mass is 16.3. The maximum absolute atomic E-state index is 9.84. The molecular weight excluding hydrogens is 214 g/mol. The smallest absolute Gasteiger partial charge is 0.125 e. The van der Waals surface area contributed by atoms with Gasteiger partial charge < -0.3 is 14.8 Å². The second-order valence-electron chi connectivity index (χ2n) is 4.28. The summed E-state index contributed by atoms with van der Waals surface area (Å²) >= 11 is 0. The molecule has 1 heterocycles. The van der Waals surface area contributed by atoms with Crippen LogP contribution in [0.3, 0.4) is 0 Å². The first-order valence-electron chi connectivity index (χ1n) is 5.65. The lowest BCUT2D eigenvalue weighted by Gasteiger charge is -2.11. The molecule has 0 amide bonds. The van der Waals surface area contributed by atoms with E-state index in [1.807, 2.05) is 39.0 Å². The fourth-order valence-electron chi connectivity index (χ4n) is 1.79. The van der Waals surface area contributed by atoms with E-state index in [1.165, 1.54) is 0 Å². The van der Waals surface area contributed by atoms with Crippen molar-refractivity contribution < 1.29 is 9.52 Å². The molecule has 17 heavy (non-hydrogen) atoms. The van der Waals surface area contributed by atoms with Crippen molar-refractivity contribution in [2.75, 3.05) is 5.32 Å². The van der Waals surface area contributed by atoms with Crippen molar-refractivity contribution in [2.45, 2.75) is 27.3 Å². The van der Waals surface area contributed by atoms with Crippen LogP contribution in [-0.2, 0) is 6.54 Å². The van der Waals surface area contributed by atoms with E-state index in [1.54, 1.807) is 6.26 Å². The number of phenols is 1. The van der Waals surface area contributed by atoms with Crippen molar-refractivity contribution in [1.29, 1.82) is 0 Å². The minimum absolute atomic E-state index is 0.353. The van der Waals surface area contributed by atoms with Crippen LogP contribution in [0.25, 0.3) is 0 Å². The van der Waals surface area contributed by atoms with E-state index in [0.717, 1.165) is 28.1 Å². The maximum atomic E-state index is 9.84. The Morgan fingerprint density at radius 2 is 1.88 bits per heavy atom. The van der Waals surface area contributed by atoms with Crippen molar-refractivity contribution in [2.24, 2.45) is 0 Å². The number of nitrogens with one attached hydrogen (secondary N) is 1. The number of aryl methyl sites for hydroxylation is 2. The first kappa shape index (κ1) is 11.6. The van der Waals surface area contributed by atoms with Crippen LogP contribution in [0.2, 0.25) is 0 Å². The second-order valence-corrected chi connectivity index (χ2v) is 4.28. The molecule has 0 radical (unpaired) electrons. The fourth-order valence-corrected chi connectivity index (χ4v) is 1.79. The Balaban J connectivity index is 2.15. The van der Waals surface area contributed by atoms with Crippen LogP contribution in [0.15, 0.2) is 28.9 Å². The van der Waals surface area contributed by atoms with E-state index < -0.39 is 0 Å². The van der Waals surface area contributed by atoms with Crippen molar-refractivity contribution in [1.82, 2.24) is 0 Å². The number of benzene rings is 1. The van der Waals surface area contributed by atoms with Gasteiger partial charge in [-0.25, -0.2) is 0 Å². The standard InChI is InChI=1S/C14H17NO2/c1-9-6-7-17-13(9)8-15-12-5-4-10(2)14(16)11(12)3/h4-7,15-16H,8H2,1-3H3. The summed E-state index contributed by atoms with van der Waals surface area (Å²) in [6.07, 6.45) is 1.69. The number of phenolic OH excluding ortho intramolecular Hbond substituents is 1. The molecule has 1 aromatic carbocycles. The highest BCUT2D eigenvalue weighted by Crippen LogP contribution is 2.28. The van der Waals surface area contributed by atoms with Gasteiger partial charge in [-0.1, -0.05) is 6.07 Å². The molecule has 0 unspecified atom stereocenters. The summed E-state index contributed by atoms with van der Waals surface area (Å²) in [5.74, 6) is 1.27. The lowest BCUT2D eigenvalue weighted by Crippen LogP contribution is -2.01. The molecule has 3 nitrogen and oxygen atoms in total. The number of aromatic hydroxyl groups is 1. The molecule has 0 atom stereocenters. The molecule has 0 fully saturated rings. The summed E-state index contributed by atoms with van der Waals surface area (Å²) in [4.78, 5) is 0. The monoisotopic (exact) mass is 231 g/mol. The van der Waals surface area contributed by atoms with Crippen LogP contribution in [0.5, 0.6) is 5.75 Å². The molecule has 0 aliphatic heterocycles. The van der Waals surface area contributed by atoms with E-state index in [2.05, 4.69) is 5.32 Å². The summed E-state index contributed by atoms with van der Waals surface area (Å²) in [6, 6.07) is 5.82. The summed E-state index contributed by atoms with van der Waals surface area (Å²) in [6.45, 7) is 6.44. The van der Waals surface area contributed by atoms with Crippen LogP contribution in [-0.4, -0.2) is 5.11 Å². The van der Waals surface area contributed by atoms with Gasteiger partial charge in [0.05, 0.1) is 12.8 Å². The molecule has 1 aromatic heterocycles. The third-order valence-corrected chi connectivity index (χ3v) is 3.04. The SMILES string of the molecule is Cc1ccoc1CNc1ccc(C)c(O)c1C. The fraction of sp³-hybridized carbons (Fsp3) is 0.286. The van der Waals surface area contributed by atoms with Crippen molar-refractivity contribution in [3.05, 3.63) is 46.9 Å². The van der Waals surface area contributed by atoms with Gasteiger partial charge in [-0.3, -0.25) is 0 Å². The first-order valence-corrected chi connectivity index (χ1v) is 5.65. The van der Waals surface area contributed by atoms with E-state index in [9.17, 15) is 5.11 Å². The predicted molar refractivity (Wildman–Crippen MR) is 68.4 cm³/mol. The predicted octanol–water partition coefficient (Wildman–Crippen LogP) is 3.52. The highest BCUT2D eigenvalue weighted by Gasteiger charge is 2.07. The molecule has 0 saturated carbocycles. The normalized spacial score (nSPS) is 10.5. The molecule has 2 rings (SSSR count). The van der Waals surface area contributed by atoms with E-state index in [4.69, 9.17) is 4.42 Å². The van der Waals surface area contributed by atoms with Gasteiger partial charge in [-0.05, 0) is 44.0 Å². The van der Waals surface area contributed by atoms with Crippen LogP contribution in [0.4, 0.5) is 5.69 Å². The van der Waals surface area contributed by atoms with Crippen LogP contribution in [0, 0.1) is 20.8 Å². The Hall–Kier alpha value is -1.90. The van der Waals surface area contributed by atoms with Crippen LogP contribution in [0.1, 0.15) is 22.5 Å². The maximum Gasteiger partial charge on any atom is 0.125 e. The Bertz CT molecular complexity index is 529. The minimum atomic E-state index is 0.353. The second kappa shape index (κ2) is 4.53. The Labute approximate surface area is 101 Å². The number of hydrogen-bond acceptors (Lipinski definition) is 3. The molecular formula is C14H17NO2. The number of furan rings is 1. The van der Waals surface area contributed by atoms with E-state index >= 15 is 0 Å². The van der Waals surface area contributed by atoms with Crippen LogP contribution < -0.4 is 5.32 Å². The lowest BCUT2D eigenvalue weighted by molar-refractivity contribution is 0.467. The van der Waals surface area contributed by atoms with Gasteiger partial charge in [0.15, 0.2) is 0 Å². The van der Waals surface area contributed by atoms with Gasteiger partial charge in [-0.15, -0.1) is 0 Å². The quantitative estimate of drug-likeness (QED) is 0.849. The van der Waals surface area contributed by atoms with Gasteiger partial charge in [0.2, 0.25) is 0 Å². The third-order valence-electron chi connectivity index (χ3n) is 3.04. The molecule has 0 spiro atoms. The minimum Gasteiger partial charge on any atom is -0.507 e. The number of rotatable bonds is 3. The van der Waals surface area contributed by atoms with Gasteiger partial charge in [0.1, 0.15) is 11.5 Å². The van der Waals surface area contributed by atoms with Crippen molar-refractivity contribution >= 4 is 5.69 Å². The summed E-state index contributed by atoms with van der Waals surface area (Å²) in [7, 11) is 0. The average Bonchev–Trinajstić information content (AvgIpc) is 2.71. The van der Waals surface area contributed by atoms with Gasteiger partial charge in [0.25, 0.3) is 0 Å². The molecule has 0 saturated heterocycles. The molecule has 2 N–H and O–H groups in total. The zero-order valence-electron chi connectivity index (χ0n) is 10.4. The summed E-state index contributed by atoms with van der Waals surface area (Å²) in [5.41, 5.74) is 3.83. The average molecular weight is 231 g/mol. The molecule has 0 bridgehead atoms. The largest absolute Gasteiger partial charge is 0.507 e. The Morgan fingerprint density at radius 3 is 2.53 bits per heavy atom. The molecule has 2 aromatic rings. The molecule has 3 heteroatoms. The van der Waals surface area contributed by atoms with Gasteiger partial charge >= 0.3 is 0 Å². The lowest BCUT2D eigenvalue weighted by atomic mass is 10.1. The first-order chi connectivity index (χ1) is 8.09. The molecule has 0 aliphatic carbocycles. The number of anilines is 1. The van der Waals surface area contributed by atoms with E-state index in [0.29, 0.717) is 12.3 Å². The molecule has 90 valence electrons. The Morgan fingerprint density at radius 1 is 1.12 bits per heavy atom. The van der Waals surface area contributed by atoms with E-state index in [-0.39, 0.29) is 0 Å². The van der Waals surface area contributed by atoms with Crippen LogP contribution >= 0.6 is 0 Å². The number of hydrogen-bond donors (Lipinski definition) is 2. The van der Waals surface area contributed by atoms with Crippen molar-refractivity contribution in [3.8, 4) is 5.75 Å². The third kappa shape index (κ3) is 2.28.